The molecule has 3 rings (SSSR count). The van der Waals surface area contributed by atoms with Crippen molar-refractivity contribution in [2.24, 2.45) is 17.3 Å². The van der Waals surface area contributed by atoms with Gasteiger partial charge in [0.25, 0.3) is 0 Å². The molecule has 1 aliphatic heterocycles. The van der Waals surface area contributed by atoms with E-state index >= 15 is 0 Å². The van der Waals surface area contributed by atoms with Crippen LogP contribution < -0.4 is 5.32 Å². The molecule has 1 saturated heterocycles. The summed E-state index contributed by atoms with van der Waals surface area (Å²) in [7, 11) is 0. The number of hydrogen-bond donors (Lipinski definition) is 1. The maximum atomic E-state index is 6.22. The maximum absolute atomic E-state index is 6.22. The molecule has 1 saturated carbocycles. The van der Waals surface area contributed by atoms with Gasteiger partial charge in [-0.25, -0.2) is 0 Å². The van der Waals surface area contributed by atoms with Crippen LogP contribution >= 0.6 is 0 Å². The lowest BCUT2D eigenvalue weighted by Gasteiger charge is -2.56. The zero-order valence-corrected chi connectivity index (χ0v) is 16.9. The van der Waals surface area contributed by atoms with Crippen LogP contribution in [0.3, 0.4) is 0 Å². The van der Waals surface area contributed by atoms with Gasteiger partial charge in [-0.15, -0.1) is 0 Å². The molecule has 2 fully saturated rings. The van der Waals surface area contributed by atoms with Crippen molar-refractivity contribution in [1.82, 2.24) is 5.32 Å². The van der Waals surface area contributed by atoms with E-state index in [1.165, 1.54) is 44.9 Å². The van der Waals surface area contributed by atoms with E-state index < -0.39 is 0 Å². The molecular formula is C22H38BNO. The Balaban J connectivity index is 1.36. The van der Waals surface area contributed by atoms with E-state index in [0.29, 0.717) is 18.4 Å². The summed E-state index contributed by atoms with van der Waals surface area (Å²) in [5, 5.41) is 3.70. The van der Waals surface area contributed by atoms with Crippen molar-refractivity contribution in [3.63, 3.8) is 0 Å². The predicted molar refractivity (Wildman–Crippen MR) is 109 cm³/mol. The molecule has 0 aromatic heterocycles. The second kappa shape index (κ2) is 8.44. The quantitative estimate of drug-likeness (QED) is 0.470. The standard InChI is InChI=1S/C22H38BNO/c1-5-19-21-20(11-13-22(19,3)4)25-23(21)16-24-14-12-17(2)15-18-9-7-6-8-10-18/h6-7,9,17,19-21,24H,5,8,10-16H2,1-4H3. The first-order valence-corrected chi connectivity index (χ1v) is 10.7. The topological polar surface area (TPSA) is 21.3 Å². The highest BCUT2D eigenvalue weighted by Crippen LogP contribution is 2.55. The Morgan fingerprint density at radius 1 is 1.40 bits per heavy atom. The Bertz CT molecular complexity index is 498. The van der Waals surface area contributed by atoms with Crippen LogP contribution in [0, 0.1) is 17.3 Å². The van der Waals surface area contributed by atoms with Gasteiger partial charge in [0.2, 0.25) is 0 Å². The Kier molecular flexibility index (Phi) is 6.49. The third-order valence-electron chi connectivity index (χ3n) is 7.06. The molecule has 2 aliphatic carbocycles. The summed E-state index contributed by atoms with van der Waals surface area (Å²) < 4.78 is 6.22. The summed E-state index contributed by atoms with van der Waals surface area (Å²) in [6.45, 7) is 11.3. The van der Waals surface area contributed by atoms with Gasteiger partial charge in [0.1, 0.15) is 0 Å². The molecule has 4 atom stereocenters. The summed E-state index contributed by atoms with van der Waals surface area (Å²) >= 11 is 0. The van der Waals surface area contributed by atoms with Gasteiger partial charge in [0.05, 0.1) is 0 Å². The second-order valence-electron chi connectivity index (χ2n) is 9.43. The van der Waals surface area contributed by atoms with E-state index in [2.05, 4.69) is 51.2 Å². The molecular weight excluding hydrogens is 305 g/mol. The highest BCUT2D eigenvalue weighted by Gasteiger charge is 2.55. The molecule has 0 radical (unpaired) electrons. The second-order valence-corrected chi connectivity index (χ2v) is 9.43. The third kappa shape index (κ3) is 4.60. The number of rotatable bonds is 8. The van der Waals surface area contributed by atoms with Crippen molar-refractivity contribution in [1.29, 1.82) is 0 Å². The lowest BCUT2D eigenvalue weighted by Crippen LogP contribution is -2.60. The van der Waals surface area contributed by atoms with Crippen LogP contribution in [0.2, 0.25) is 5.82 Å². The first-order chi connectivity index (χ1) is 12.0. The third-order valence-corrected chi connectivity index (χ3v) is 7.06. The molecule has 0 aromatic carbocycles. The van der Waals surface area contributed by atoms with Gasteiger partial charge in [-0.2, -0.15) is 0 Å². The van der Waals surface area contributed by atoms with Crippen molar-refractivity contribution >= 4 is 6.92 Å². The van der Waals surface area contributed by atoms with Gasteiger partial charge >= 0.3 is 6.92 Å². The van der Waals surface area contributed by atoms with Gasteiger partial charge in [0.15, 0.2) is 0 Å². The molecule has 0 spiro atoms. The Labute approximate surface area is 156 Å². The molecule has 140 valence electrons. The summed E-state index contributed by atoms with van der Waals surface area (Å²) in [5.41, 5.74) is 2.13. The van der Waals surface area contributed by atoms with Crippen LogP contribution in [-0.2, 0) is 4.65 Å². The van der Waals surface area contributed by atoms with Crippen molar-refractivity contribution in [2.75, 3.05) is 13.0 Å². The van der Waals surface area contributed by atoms with Crippen LogP contribution in [0.15, 0.2) is 23.8 Å². The van der Waals surface area contributed by atoms with Gasteiger partial charge in [0, 0.05) is 12.5 Å². The van der Waals surface area contributed by atoms with Crippen molar-refractivity contribution in [3.05, 3.63) is 23.8 Å². The van der Waals surface area contributed by atoms with Gasteiger partial charge in [-0.3, -0.25) is 0 Å². The number of allylic oxidation sites excluding steroid dienone is 4. The van der Waals surface area contributed by atoms with E-state index in [1.807, 2.05) is 0 Å². The Morgan fingerprint density at radius 2 is 2.24 bits per heavy atom. The fraction of sp³-hybridized carbons (Fsp3) is 0.818. The molecule has 1 N–H and O–H groups in total. The summed E-state index contributed by atoms with van der Waals surface area (Å²) in [5.74, 6) is 2.40. The van der Waals surface area contributed by atoms with E-state index in [9.17, 15) is 0 Å². The lowest BCUT2D eigenvalue weighted by molar-refractivity contribution is -0.0152. The summed E-state index contributed by atoms with van der Waals surface area (Å²) in [6, 6.07) is 0. The number of fused-ring (bicyclic) bond motifs is 1. The van der Waals surface area contributed by atoms with Crippen LogP contribution in [0.4, 0.5) is 0 Å². The molecule has 1 heterocycles. The monoisotopic (exact) mass is 343 g/mol. The number of nitrogens with one attached hydrogen (secondary N) is 1. The SMILES string of the molecule is CCC1C2B(CNCCC(C)CC3=CC=CCC3)OC2CCC1(C)C. The largest absolute Gasteiger partial charge is 0.432 e. The van der Waals surface area contributed by atoms with Crippen molar-refractivity contribution < 1.29 is 4.65 Å². The molecule has 0 aromatic rings. The summed E-state index contributed by atoms with van der Waals surface area (Å²) in [4.78, 5) is 0. The Morgan fingerprint density at radius 3 is 2.96 bits per heavy atom. The fourth-order valence-electron chi connectivity index (χ4n) is 5.53. The molecule has 4 unspecified atom stereocenters. The van der Waals surface area contributed by atoms with E-state index in [0.717, 1.165) is 30.6 Å². The number of hydrogen-bond acceptors (Lipinski definition) is 2. The van der Waals surface area contributed by atoms with E-state index in [4.69, 9.17) is 4.65 Å². The van der Waals surface area contributed by atoms with Crippen molar-refractivity contribution in [3.8, 4) is 0 Å². The first-order valence-electron chi connectivity index (χ1n) is 10.7. The highest BCUT2D eigenvalue weighted by atomic mass is 16.5. The average molecular weight is 343 g/mol. The van der Waals surface area contributed by atoms with E-state index in [1.54, 1.807) is 5.57 Å². The zero-order chi connectivity index (χ0) is 17.9. The van der Waals surface area contributed by atoms with Gasteiger partial charge in [-0.1, -0.05) is 57.9 Å². The fourth-order valence-corrected chi connectivity index (χ4v) is 5.53. The van der Waals surface area contributed by atoms with Crippen LogP contribution in [0.1, 0.15) is 72.6 Å². The minimum atomic E-state index is 0.455. The zero-order valence-electron chi connectivity index (χ0n) is 16.9. The smallest absolute Gasteiger partial charge is 0.313 e. The first kappa shape index (κ1) is 19.2. The molecule has 0 amide bonds. The lowest BCUT2D eigenvalue weighted by atomic mass is 9.38. The van der Waals surface area contributed by atoms with Gasteiger partial charge in [-0.05, 0) is 68.1 Å². The molecule has 0 bridgehead atoms. The predicted octanol–water partition coefficient (Wildman–Crippen LogP) is 5.41. The van der Waals surface area contributed by atoms with Crippen LogP contribution in [-0.4, -0.2) is 26.0 Å². The molecule has 25 heavy (non-hydrogen) atoms. The normalized spacial score (nSPS) is 31.9. The summed E-state index contributed by atoms with van der Waals surface area (Å²) in [6.07, 6.45) is 17.4. The minimum absolute atomic E-state index is 0.455. The van der Waals surface area contributed by atoms with Crippen molar-refractivity contribution in [2.45, 2.75) is 84.6 Å². The van der Waals surface area contributed by atoms with Gasteiger partial charge < -0.3 is 9.97 Å². The maximum Gasteiger partial charge on any atom is 0.313 e. The van der Waals surface area contributed by atoms with Crippen LogP contribution in [0.5, 0.6) is 0 Å². The van der Waals surface area contributed by atoms with Crippen LogP contribution in [0.25, 0.3) is 0 Å². The minimum Gasteiger partial charge on any atom is -0.432 e. The van der Waals surface area contributed by atoms with E-state index in [-0.39, 0.29) is 0 Å². The Hall–Kier alpha value is -0.535. The highest BCUT2D eigenvalue weighted by molar-refractivity contribution is 6.57. The molecule has 2 nitrogen and oxygen atoms in total. The molecule has 3 aliphatic rings. The molecule has 3 heteroatoms. The average Bonchev–Trinajstić information content (AvgIpc) is 2.57.